The van der Waals surface area contributed by atoms with E-state index in [0.29, 0.717) is 26.2 Å². The van der Waals surface area contributed by atoms with Crippen molar-refractivity contribution in [3.63, 3.8) is 0 Å². The molecule has 9 heteroatoms. The fourth-order valence-electron chi connectivity index (χ4n) is 3.83. The predicted molar refractivity (Wildman–Crippen MR) is 110 cm³/mol. The van der Waals surface area contributed by atoms with Crippen molar-refractivity contribution < 1.29 is 12.8 Å². The van der Waals surface area contributed by atoms with E-state index in [2.05, 4.69) is 22.0 Å². The fourth-order valence-corrected chi connectivity index (χ4v) is 5.28. The summed E-state index contributed by atoms with van der Waals surface area (Å²) in [5.74, 6) is 1.86. The Hall–Kier alpha value is -2.26. The van der Waals surface area contributed by atoms with Crippen molar-refractivity contribution in [2.75, 3.05) is 49.1 Å². The third kappa shape index (κ3) is 4.35. The topological polar surface area (TPSA) is 69.6 Å². The van der Waals surface area contributed by atoms with Crippen LogP contribution in [0.4, 0.5) is 16.0 Å². The highest BCUT2D eigenvalue weighted by molar-refractivity contribution is 7.89. The zero-order chi connectivity index (χ0) is 20.4. The molecule has 0 amide bonds. The summed E-state index contributed by atoms with van der Waals surface area (Å²) in [4.78, 5) is 4.29. The van der Waals surface area contributed by atoms with Crippen molar-refractivity contribution in [3.05, 3.63) is 42.2 Å². The molecule has 0 spiro atoms. The number of sulfonamides is 1. The fraction of sp³-hybridized carbons (Fsp3) is 0.500. The molecule has 0 bridgehead atoms. The molecule has 3 heterocycles. The Morgan fingerprint density at radius 1 is 0.897 bits per heavy atom. The third-order valence-corrected chi connectivity index (χ3v) is 7.64. The van der Waals surface area contributed by atoms with Crippen LogP contribution in [-0.4, -0.2) is 62.2 Å². The lowest BCUT2D eigenvalue weighted by Gasteiger charge is -2.35. The molecule has 2 aliphatic heterocycles. The van der Waals surface area contributed by atoms with Crippen LogP contribution in [0.5, 0.6) is 0 Å². The number of hydrogen-bond donors (Lipinski definition) is 0. The lowest BCUT2D eigenvalue weighted by Crippen LogP contribution is -2.49. The first-order chi connectivity index (χ1) is 13.9. The van der Waals surface area contributed by atoms with Gasteiger partial charge >= 0.3 is 0 Å². The Labute approximate surface area is 171 Å². The van der Waals surface area contributed by atoms with Gasteiger partial charge in [0.15, 0.2) is 11.6 Å². The van der Waals surface area contributed by atoms with E-state index in [1.54, 1.807) is 0 Å². The summed E-state index contributed by atoms with van der Waals surface area (Å²) >= 11 is 0. The van der Waals surface area contributed by atoms with E-state index in [4.69, 9.17) is 0 Å². The van der Waals surface area contributed by atoms with E-state index in [9.17, 15) is 12.8 Å². The minimum atomic E-state index is -3.69. The quantitative estimate of drug-likeness (QED) is 0.758. The van der Waals surface area contributed by atoms with E-state index in [1.165, 1.54) is 35.3 Å². The number of benzene rings is 1. The van der Waals surface area contributed by atoms with Crippen LogP contribution >= 0.6 is 0 Å². The largest absolute Gasteiger partial charge is 0.355 e. The van der Waals surface area contributed by atoms with Gasteiger partial charge in [-0.15, -0.1) is 10.2 Å². The summed E-state index contributed by atoms with van der Waals surface area (Å²) < 4.78 is 40.3. The highest BCUT2D eigenvalue weighted by atomic mass is 32.2. The van der Waals surface area contributed by atoms with E-state index in [1.807, 2.05) is 17.0 Å². The first-order valence-corrected chi connectivity index (χ1v) is 11.5. The minimum absolute atomic E-state index is 0.00838. The first-order valence-electron chi connectivity index (χ1n) is 10.0. The van der Waals surface area contributed by atoms with Crippen LogP contribution in [0, 0.1) is 11.7 Å². The summed E-state index contributed by atoms with van der Waals surface area (Å²) in [6, 6.07) is 9.09. The van der Waals surface area contributed by atoms with E-state index >= 15 is 0 Å². The molecule has 0 unspecified atom stereocenters. The number of anilines is 2. The number of rotatable bonds is 4. The van der Waals surface area contributed by atoms with Gasteiger partial charge in [-0.05, 0) is 49.1 Å². The standard InChI is InChI=1S/C20H26FN5O2S/c1-16-7-9-24(10-8-16)19-5-6-20(23-22-19)25-11-13-26(14-12-25)29(27,28)18-4-2-3-17(21)15-18/h2-6,15-16H,7-14H2,1H3. The summed E-state index contributed by atoms with van der Waals surface area (Å²) in [5, 5.41) is 8.76. The second-order valence-corrected chi connectivity index (χ2v) is 9.71. The van der Waals surface area contributed by atoms with Crippen molar-refractivity contribution in [1.82, 2.24) is 14.5 Å². The molecule has 0 atom stereocenters. The number of hydrogen-bond acceptors (Lipinski definition) is 6. The van der Waals surface area contributed by atoms with Crippen LogP contribution in [0.1, 0.15) is 19.8 Å². The van der Waals surface area contributed by atoms with Crippen molar-refractivity contribution in [1.29, 1.82) is 0 Å². The highest BCUT2D eigenvalue weighted by Crippen LogP contribution is 2.23. The molecule has 0 radical (unpaired) electrons. The Morgan fingerprint density at radius 3 is 2.03 bits per heavy atom. The molecule has 0 aliphatic carbocycles. The van der Waals surface area contributed by atoms with Gasteiger partial charge in [-0.2, -0.15) is 4.31 Å². The lowest BCUT2D eigenvalue weighted by atomic mass is 9.99. The Kier molecular flexibility index (Phi) is 5.69. The van der Waals surface area contributed by atoms with Gasteiger partial charge < -0.3 is 9.80 Å². The molecule has 1 aromatic heterocycles. The SMILES string of the molecule is CC1CCN(c2ccc(N3CCN(S(=O)(=O)c4cccc(F)c4)CC3)nn2)CC1. The van der Waals surface area contributed by atoms with E-state index in [-0.39, 0.29) is 4.90 Å². The average Bonchev–Trinajstić information content (AvgIpc) is 2.74. The molecule has 2 aromatic rings. The van der Waals surface area contributed by atoms with Crippen molar-refractivity contribution in [2.45, 2.75) is 24.7 Å². The van der Waals surface area contributed by atoms with Crippen LogP contribution in [0.15, 0.2) is 41.3 Å². The molecule has 2 aliphatic rings. The molecule has 4 rings (SSSR count). The number of nitrogens with zero attached hydrogens (tertiary/aromatic N) is 5. The Morgan fingerprint density at radius 2 is 1.48 bits per heavy atom. The smallest absolute Gasteiger partial charge is 0.243 e. The maximum absolute atomic E-state index is 13.4. The van der Waals surface area contributed by atoms with Gasteiger partial charge in [0, 0.05) is 39.3 Å². The molecular weight excluding hydrogens is 393 g/mol. The van der Waals surface area contributed by atoms with Crippen LogP contribution < -0.4 is 9.80 Å². The number of piperazine rings is 1. The minimum Gasteiger partial charge on any atom is -0.355 e. The van der Waals surface area contributed by atoms with Crippen molar-refractivity contribution in [3.8, 4) is 0 Å². The summed E-state index contributed by atoms with van der Waals surface area (Å²) in [7, 11) is -3.69. The molecule has 0 N–H and O–H groups in total. The van der Waals surface area contributed by atoms with Gasteiger partial charge in [0.2, 0.25) is 10.0 Å². The van der Waals surface area contributed by atoms with Crippen LogP contribution in [0.25, 0.3) is 0 Å². The Bertz CT molecular complexity index is 938. The van der Waals surface area contributed by atoms with Gasteiger partial charge in [-0.25, -0.2) is 12.8 Å². The van der Waals surface area contributed by atoms with Crippen LogP contribution in [0.3, 0.4) is 0 Å². The first kappa shape index (κ1) is 20.0. The maximum atomic E-state index is 13.4. The normalized spacial score (nSPS) is 19.5. The summed E-state index contributed by atoms with van der Waals surface area (Å²) in [5.41, 5.74) is 0. The molecule has 2 saturated heterocycles. The van der Waals surface area contributed by atoms with Gasteiger partial charge in [-0.1, -0.05) is 13.0 Å². The second-order valence-electron chi connectivity index (χ2n) is 7.77. The zero-order valence-electron chi connectivity index (χ0n) is 16.5. The van der Waals surface area contributed by atoms with Crippen LogP contribution in [0.2, 0.25) is 0 Å². The maximum Gasteiger partial charge on any atom is 0.243 e. The van der Waals surface area contributed by atoms with Crippen LogP contribution in [-0.2, 0) is 10.0 Å². The molecule has 156 valence electrons. The highest BCUT2D eigenvalue weighted by Gasteiger charge is 2.29. The molecule has 2 fully saturated rings. The van der Waals surface area contributed by atoms with Crippen molar-refractivity contribution in [2.24, 2.45) is 5.92 Å². The van der Waals surface area contributed by atoms with Crippen molar-refractivity contribution >= 4 is 21.7 Å². The van der Waals surface area contributed by atoms with E-state index in [0.717, 1.165) is 36.7 Å². The molecule has 29 heavy (non-hydrogen) atoms. The zero-order valence-corrected chi connectivity index (χ0v) is 17.4. The molecular formula is C20H26FN5O2S. The molecule has 1 aromatic carbocycles. The van der Waals surface area contributed by atoms with Gasteiger partial charge in [0.05, 0.1) is 4.90 Å². The van der Waals surface area contributed by atoms with E-state index < -0.39 is 15.8 Å². The average molecular weight is 420 g/mol. The third-order valence-electron chi connectivity index (χ3n) is 5.74. The predicted octanol–water partition coefficient (Wildman–Crippen LogP) is 2.36. The Balaban J connectivity index is 1.38. The molecule has 7 nitrogen and oxygen atoms in total. The monoisotopic (exact) mass is 419 g/mol. The summed E-state index contributed by atoms with van der Waals surface area (Å²) in [6.45, 7) is 5.98. The summed E-state index contributed by atoms with van der Waals surface area (Å²) in [6.07, 6.45) is 2.34. The number of halogens is 1. The molecule has 0 saturated carbocycles. The van der Waals surface area contributed by atoms with Gasteiger partial charge in [0.1, 0.15) is 5.82 Å². The lowest BCUT2D eigenvalue weighted by molar-refractivity contribution is 0.383. The second kappa shape index (κ2) is 8.23. The van der Waals surface area contributed by atoms with Gasteiger partial charge in [-0.3, -0.25) is 0 Å². The number of piperidine rings is 1. The van der Waals surface area contributed by atoms with Gasteiger partial charge in [0.25, 0.3) is 0 Å². The number of aromatic nitrogens is 2.